The van der Waals surface area contributed by atoms with E-state index in [2.05, 4.69) is 15.3 Å². The second kappa shape index (κ2) is 11.1. The summed E-state index contributed by atoms with van der Waals surface area (Å²) in [5, 5.41) is 3.00. The van der Waals surface area contributed by atoms with E-state index in [1.165, 1.54) is 18.2 Å². The Morgan fingerprint density at radius 3 is 2.55 bits per heavy atom. The number of hydrogen-bond acceptors (Lipinski definition) is 6. The third-order valence-electron chi connectivity index (χ3n) is 7.68. The van der Waals surface area contributed by atoms with Crippen molar-refractivity contribution in [1.82, 2.24) is 15.3 Å². The summed E-state index contributed by atoms with van der Waals surface area (Å²) in [6, 6.07) is 12.1. The molecular formula is C29H29ClF3N5O2. The lowest BCUT2D eigenvalue weighted by atomic mass is 9.87. The molecule has 5 rings (SSSR count). The lowest BCUT2D eigenvalue weighted by Gasteiger charge is -2.44. The molecule has 2 aromatic carbocycles. The second-order valence-electron chi connectivity index (χ2n) is 10.5. The Kier molecular flexibility index (Phi) is 7.72. The molecular weight excluding hydrogens is 543 g/mol. The number of nitrogens with zero attached hydrogens (tertiary/aromatic N) is 4. The lowest BCUT2D eigenvalue weighted by Crippen LogP contribution is -2.59. The van der Waals surface area contributed by atoms with E-state index in [4.69, 9.17) is 11.6 Å². The summed E-state index contributed by atoms with van der Waals surface area (Å²) >= 11 is 6.59. The van der Waals surface area contributed by atoms with Crippen molar-refractivity contribution in [2.45, 2.75) is 62.2 Å². The van der Waals surface area contributed by atoms with E-state index in [1.807, 2.05) is 11.8 Å². The second-order valence-corrected chi connectivity index (χ2v) is 10.9. The third-order valence-corrected chi connectivity index (χ3v) is 8.03. The van der Waals surface area contributed by atoms with Crippen molar-refractivity contribution < 1.29 is 22.8 Å². The summed E-state index contributed by atoms with van der Waals surface area (Å²) in [5.74, 6) is -3.60. The van der Waals surface area contributed by atoms with Crippen LogP contribution in [0.3, 0.4) is 0 Å². The van der Waals surface area contributed by atoms with Gasteiger partial charge in [-0.1, -0.05) is 35.9 Å². The Morgan fingerprint density at radius 1 is 1.18 bits per heavy atom. The highest BCUT2D eigenvalue weighted by molar-refractivity contribution is 6.31. The van der Waals surface area contributed by atoms with Crippen LogP contribution in [0.15, 0.2) is 67.0 Å². The zero-order valence-corrected chi connectivity index (χ0v) is 22.6. The van der Waals surface area contributed by atoms with Crippen molar-refractivity contribution in [2.24, 2.45) is 0 Å². The average molecular weight is 572 g/mol. The zero-order chi connectivity index (χ0) is 28.5. The minimum Gasteiger partial charge on any atom is -0.353 e. The van der Waals surface area contributed by atoms with Gasteiger partial charge in [0.2, 0.25) is 11.9 Å². The molecule has 1 aliphatic heterocycles. The van der Waals surface area contributed by atoms with Crippen LogP contribution in [0.2, 0.25) is 5.02 Å². The molecule has 3 atom stereocenters. The van der Waals surface area contributed by atoms with Crippen LogP contribution in [0.5, 0.6) is 0 Å². The van der Waals surface area contributed by atoms with Gasteiger partial charge in [-0.2, -0.15) is 0 Å². The minimum absolute atomic E-state index is 0.0489. The maximum absolute atomic E-state index is 14.6. The third kappa shape index (κ3) is 5.50. The molecule has 1 aromatic heterocycles. The summed E-state index contributed by atoms with van der Waals surface area (Å²) in [7, 11) is 0. The predicted molar refractivity (Wildman–Crippen MR) is 146 cm³/mol. The quantitative estimate of drug-likeness (QED) is 0.349. The van der Waals surface area contributed by atoms with Gasteiger partial charge in [0.1, 0.15) is 23.7 Å². The number of carbonyl (C=O) groups excluding carboxylic acids is 2. The Labute approximate surface area is 235 Å². The number of alkyl halides is 2. The molecule has 40 heavy (non-hydrogen) atoms. The number of halogens is 4. The average Bonchev–Trinajstić information content (AvgIpc) is 3.24. The number of hydrogen-bond donors (Lipinski definition) is 1. The standard InChI is InChI=1S/C29H29ClF3N5O2/c1-19-10-11-28(18-39,38(19)27-34-12-5-13-35-27)17-37(22-7-4-6-20(31)14-22)25(23-8-2-3-9-24(23)30)26(40)36-21-15-29(32,33)16-21/h2-9,12-14,18-19,21,25H,10-11,15-17H2,1H3,(H,36,40)/t19-,25-,28?/m0/s1. The van der Waals surface area contributed by atoms with E-state index in [-0.39, 0.29) is 17.6 Å². The zero-order valence-electron chi connectivity index (χ0n) is 21.8. The van der Waals surface area contributed by atoms with Crippen molar-refractivity contribution in [3.8, 4) is 0 Å². The number of rotatable bonds is 9. The Morgan fingerprint density at radius 2 is 1.90 bits per heavy atom. The maximum Gasteiger partial charge on any atom is 0.252 e. The molecule has 0 radical (unpaired) electrons. The van der Waals surface area contributed by atoms with Crippen LogP contribution in [0, 0.1) is 5.82 Å². The molecule has 1 unspecified atom stereocenters. The first-order valence-electron chi connectivity index (χ1n) is 13.1. The van der Waals surface area contributed by atoms with Crippen LogP contribution in [-0.4, -0.2) is 52.3 Å². The maximum atomic E-state index is 14.6. The Bertz CT molecular complexity index is 1370. The first kappa shape index (κ1) is 27.9. The van der Waals surface area contributed by atoms with Crippen molar-refractivity contribution in [3.05, 3.63) is 83.4 Å². The fourth-order valence-corrected chi connectivity index (χ4v) is 5.98. The predicted octanol–water partition coefficient (Wildman–Crippen LogP) is 5.36. The SMILES string of the molecule is C[C@H]1CCC(C=O)(CN(c2cccc(F)c2)[C@H](C(=O)NC2CC(F)(F)C2)c2ccccc2Cl)N1c1ncccn1. The van der Waals surface area contributed by atoms with Crippen molar-refractivity contribution in [1.29, 1.82) is 0 Å². The minimum atomic E-state index is -2.84. The topological polar surface area (TPSA) is 78.4 Å². The van der Waals surface area contributed by atoms with E-state index in [0.717, 1.165) is 6.29 Å². The van der Waals surface area contributed by atoms with Gasteiger partial charge in [-0.25, -0.2) is 23.1 Å². The number of nitrogens with one attached hydrogen (secondary N) is 1. The molecule has 2 aliphatic rings. The highest BCUT2D eigenvalue weighted by Gasteiger charge is 2.50. The summed E-state index contributed by atoms with van der Waals surface area (Å²) < 4.78 is 41.8. The molecule has 1 amide bonds. The number of aromatic nitrogens is 2. The van der Waals surface area contributed by atoms with Crippen LogP contribution >= 0.6 is 11.6 Å². The molecule has 2 heterocycles. The summed E-state index contributed by atoms with van der Waals surface area (Å²) in [5.41, 5.74) is -0.462. The van der Waals surface area contributed by atoms with Gasteiger partial charge in [0.25, 0.3) is 5.92 Å². The number of benzene rings is 2. The van der Waals surface area contributed by atoms with Gasteiger partial charge in [-0.05, 0) is 50.1 Å². The smallest absolute Gasteiger partial charge is 0.252 e. The molecule has 0 bridgehead atoms. The highest BCUT2D eigenvalue weighted by atomic mass is 35.5. The summed E-state index contributed by atoms with van der Waals surface area (Å²) in [4.78, 5) is 39.1. The van der Waals surface area contributed by atoms with E-state index in [0.29, 0.717) is 30.0 Å². The van der Waals surface area contributed by atoms with Crippen molar-refractivity contribution in [2.75, 3.05) is 16.3 Å². The van der Waals surface area contributed by atoms with Gasteiger partial charge in [0.05, 0.1) is 0 Å². The normalized spacial score (nSPS) is 22.8. The first-order chi connectivity index (χ1) is 19.1. The summed E-state index contributed by atoms with van der Waals surface area (Å²) in [6.45, 7) is 1.91. The van der Waals surface area contributed by atoms with Crippen LogP contribution in [0.1, 0.15) is 44.2 Å². The molecule has 2 fully saturated rings. The number of aldehydes is 1. The molecule has 11 heteroatoms. The molecule has 0 spiro atoms. The van der Waals surface area contributed by atoms with E-state index >= 15 is 0 Å². The van der Waals surface area contributed by atoms with E-state index < -0.39 is 48.1 Å². The Hall–Kier alpha value is -3.66. The van der Waals surface area contributed by atoms with E-state index in [1.54, 1.807) is 53.7 Å². The van der Waals surface area contributed by atoms with Gasteiger partial charge < -0.3 is 19.9 Å². The fourth-order valence-electron chi connectivity index (χ4n) is 5.74. The molecule has 7 nitrogen and oxygen atoms in total. The molecule has 3 aromatic rings. The molecule has 1 saturated carbocycles. The van der Waals surface area contributed by atoms with Crippen LogP contribution in [-0.2, 0) is 9.59 Å². The van der Waals surface area contributed by atoms with Crippen molar-refractivity contribution >= 4 is 35.4 Å². The Balaban J connectivity index is 1.61. The van der Waals surface area contributed by atoms with Gasteiger partial charge >= 0.3 is 0 Å². The largest absolute Gasteiger partial charge is 0.353 e. The number of amides is 1. The van der Waals surface area contributed by atoms with Crippen LogP contribution < -0.4 is 15.1 Å². The van der Waals surface area contributed by atoms with Gasteiger partial charge in [-0.15, -0.1) is 0 Å². The molecule has 1 saturated heterocycles. The lowest BCUT2D eigenvalue weighted by molar-refractivity contribution is -0.130. The molecule has 1 N–H and O–H groups in total. The number of anilines is 2. The van der Waals surface area contributed by atoms with E-state index in [9.17, 15) is 22.8 Å². The first-order valence-corrected chi connectivity index (χ1v) is 13.5. The highest BCUT2D eigenvalue weighted by Crippen LogP contribution is 2.41. The monoisotopic (exact) mass is 571 g/mol. The van der Waals surface area contributed by atoms with Gasteiger partial charge in [0.15, 0.2) is 0 Å². The van der Waals surface area contributed by atoms with Gasteiger partial charge in [0, 0.05) is 60.1 Å². The van der Waals surface area contributed by atoms with Gasteiger partial charge in [-0.3, -0.25) is 4.79 Å². The van der Waals surface area contributed by atoms with Crippen LogP contribution in [0.4, 0.5) is 24.8 Å². The molecule has 210 valence electrons. The summed E-state index contributed by atoms with van der Waals surface area (Å²) in [6.07, 6.45) is 4.13. The van der Waals surface area contributed by atoms with Crippen LogP contribution in [0.25, 0.3) is 0 Å². The van der Waals surface area contributed by atoms with Crippen molar-refractivity contribution in [3.63, 3.8) is 0 Å². The fraction of sp³-hybridized carbons (Fsp3) is 0.379. The molecule has 1 aliphatic carbocycles. The number of carbonyl (C=O) groups is 2.